The third kappa shape index (κ3) is 5.53. The van der Waals surface area contributed by atoms with E-state index in [4.69, 9.17) is 5.73 Å². The molecule has 0 aromatic rings. The average Bonchev–Trinajstić information content (AvgIpc) is 2.30. The quantitative estimate of drug-likeness (QED) is 0.749. The van der Waals surface area contributed by atoms with Gasteiger partial charge in [-0.2, -0.15) is 0 Å². The van der Waals surface area contributed by atoms with Crippen molar-refractivity contribution in [2.45, 2.75) is 64.8 Å². The van der Waals surface area contributed by atoms with Crippen molar-refractivity contribution in [3.8, 4) is 0 Å². The Morgan fingerprint density at radius 2 is 2.06 bits per heavy atom. The zero-order valence-corrected chi connectivity index (χ0v) is 11.4. The van der Waals surface area contributed by atoms with E-state index in [2.05, 4.69) is 19.2 Å². The summed E-state index contributed by atoms with van der Waals surface area (Å²) < 4.78 is 0. The normalized spacial score (nSPS) is 26.5. The summed E-state index contributed by atoms with van der Waals surface area (Å²) in [7, 11) is 0. The van der Waals surface area contributed by atoms with Gasteiger partial charge in [-0.25, -0.2) is 0 Å². The van der Waals surface area contributed by atoms with E-state index in [1.807, 2.05) is 0 Å². The lowest BCUT2D eigenvalue weighted by Crippen LogP contribution is -2.41. The Hall–Kier alpha value is -0.570. The fourth-order valence-corrected chi connectivity index (χ4v) is 2.62. The second-order valence-electron chi connectivity index (χ2n) is 5.66. The Bertz CT molecular complexity index is 230. The highest BCUT2D eigenvalue weighted by atomic mass is 16.1. The molecule has 1 aliphatic carbocycles. The Morgan fingerprint density at radius 1 is 1.35 bits per heavy atom. The molecule has 0 bridgehead atoms. The number of hydrogen-bond acceptors (Lipinski definition) is 2. The molecular formula is C14H28N2O. The third-order valence-electron chi connectivity index (χ3n) is 3.98. The van der Waals surface area contributed by atoms with E-state index < -0.39 is 0 Å². The molecule has 0 saturated heterocycles. The molecule has 3 N–H and O–H groups in total. The van der Waals surface area contributed by atoms with Gasteiger partial charge >= 0.3 is 0 Å². The van der Waals surface area contributed by atoms with E-state index in [1.165, 1.54) is 19.3 Å². The average molecular weight is 240 g/mol. The fraction of sp³-hybridized carbons (Fsp3) is 0.929. The molecule has 100 valence electrons. The topological polar surface area (TPSA) is 55.1 Å². The summed E-state index contributed by atoms with van der Waals surface area (Å²) in [4.78, 5) is 11.8. The molecule has 1 saturated carbocycles. The van der Waals surface area contributed by atoms with Gasteiger partial charge in [0.15, 0.2) is 0 Å². The smallest absolute Gasteiger partial charge is 0.220 e. The summed E-state index contributed by atoms with van der Waals surface area (Å²) in [5.74, 6) is 1.44. The second-order valence-corrected chi connectivity index (χ2v) is 5.66. The monoisotopic (exact) mass is 240 g/mol. The van der Waals surface area contributed by atoms with Gasteiger partial charge in [-0.15, -0.1) is 0 Å². The van der Waals surface area contributed by atoms with Gasteiger partial charge in [-0.1, -0.05) is 26.7 Å². The first-order valence-electron chi connectivity index (χ1n) is 7.13. The molecular weight excluding hydrogens is 212 g/mol. The van der Waals surface area contributed by atoms with Crippen LogP contribution in [-0.2, 0) is 4.79 Å². The molecule has 3 unspecified atom stereocenters. The first-order valence-corrected chi connectivity index (χ1v) is 7.13. The van der Waals surface area contributed by atoms with Gasteiger partial charge in [0.1, 0.15) is 0 Å². The predicted octanol–water partition coefficient (Wildman–Crippen LogP) is 2.45. The van der Waals surface area contributed by atoms with Crippen LogP contribution >= 0.6 is 0 Å². The highest BCUT2D eigenvalue weighted by molar-refractivity contribution is 5.76. The SMILES string of the molecule is CC(CCN)CCC(=O)NC1CCCCC1C. The van der Waals surface area contributed by atoms with Gasteiger partial charge in [0, 0.05) is 12.5 Å². The van der Waals surface area contributed by atoms with Gasteiger partial charge in [0.25, 0.3) is 0 Å². The van der Waals surface area contributed by atoms with Crippen LogP contribution < -0.4 is 11.1 Å². The van der Waals surface area contributed by atoms with Crippen LogP contribution in [0.5, 0.6) is 0 Å². The molecule has 3 atom stereocenters. The molecule has 1 amide bonds. The molecule has 0 spiro atoms. The Morgan fingerprint density at radius 3 is 2.71 bits per heavy atom. The molecule has 1 rings (SSSR count). The van der Waals surface area contributed by atoms with E-state index in [1.54, 1.807) is 0 Å². The molecule has 0 aromatic heterocycles. The van der Waals surface area contributed by atoms with Crippen LogP contribution in [0.4, 0.5) is 0 Å². The van der Waals surface area contributed by atoms with Gasteiger partial charge in [-0.05, 0) is 44.1 Å². The maximum absolute atomic E-state index is 11.8. The van der Waals surface area contributed by atoms with Crippen LogP contribution in [0.25, 0.3) is 0 Å². The van der Waals surface area contributed by atoms with Crippen molar-refractivity contribution in [3.63, 3.8) is 0 Å². The zero-order chi connectivity index (χ0) is 12.7. The van der Waals surface area contributed by atoms with E-state index in [0.29, 0.717) is 24.3 Å². The van der Waals surface area contributed by atoms with Crippen LogP contribution in [0.3, 0.4) is 0 Å². The highest BCUT2D eigenvalue weighted by Crippen LogP contribution is 2.23. The standard InChI is InChI=1S/C14H28N2O/c1-11(9-10-15)7-8-14(17)16-13-6-4-3-5-12(13)2/h11-13H,3-10,15H2,1-2H3,(H,16,17). The zero-order valence-electron chi connectivity index (χ0n) is 11.4. The van der Waals surface area contributed by atoms with Crippen molar-refractivity contribution < 1.29 is 4.79 Å². The van der Waals surface area contributed by atoms with Gasteiger partial charge in [0.05, 0.1) is 0 Å². The molecule has 0 aromatic carbocycles. The Balaban J connectivity index is 2.19. The number of carbonyl (C=O) groups excluding carboxylic acids is 1. The van der Waals surface area contributed by atoms with Crippen molar-refractivity contribution in [3.05, 3.63) is 0 Å². The van der Waals surface area contributed by atoms with Crippen molar-refractivity contribution in [2.24, 2.45) is 17.6 Å². The largest absolute Gasteiger partial charge is 0.353 e. The minimum Gasteiger partial charge on any atom is -0.353 e. The van der Waals surface area contributed by atoms with Crippen LogP contribution in [0, 0.1) is 11.8 Å². The predicted molar refractivity (Wildman–Crippen MR) is 71.6 cm³/mol. The lowest BCUT2D eigenvalue weighted by molar-refractivity contribution is -0.122. The summed E-state index contributed by atoms with van der Waals surface area (Å²) in [6.45, 7) is 5.15. The van der Waals surface area contributed by atoms with E-state index in [0.717, 1.165) is 25.8 Å². The molecule has 1 fully saturated rings. The van der Waals surface area contributed by atoms with Gasteiger partial charge in [0.2, 0.25) is 5.91 Å². The van der Waals surface area contributed by atoms with Gasteiger partial charge < -0.3 is 11.1 Å². The number of rotatable bonds is 6. The van der Waals surface area contributed by atoms with Crippen molar-refractivity contribution >= 4 is 5.91 Å². The van der Waals surface area contributed by atoms with E-state index in [-0.39, 0.29) is 5.91 Å². The minimum absolute atomic E-state index is 0.229. The van der Waals surface area contributed by atoms with Gasteiger partial charge in [-0.3, -0.25) is 4.79 Å². The molecule has 0 heterocycles. The number of nitrogens with two attached hydrogens (primary N) is 1. The van der Waals surface area contributed by atoms with Crippen molar-refractivity contribution in [1.82, 2.24) is 5.32 Å². The number of carbonyl (C=O) groups is 1. The lowest BCUT2D eigenvalue weighted by atomic mass is 9.86. The lowest BCUT2D eigenvalue weighted by Gasteiger charge is -2.29. The summed E-state index contributed by atoms with van der Waals surface area (Å²) in [5, 5.41) is 3.20. The number of amides is 1. The van der Waals surface area contributed by atoms with Crippen LogP contribution in [-0.4, -0.2) is 18.5 Å². The molecule has 0 aliphatic heterocycles. The maximum atomic E-state index is 11.8. The first-order chi connectivity index (χ1) is 8.13. The highest BCUT2D eigenvalue weighted by Gasteiger charge is 2.22. The molecule has 3 nitrogen and oxygen atoms in total. The third-order valence-corrected chi connectivity index (χ3v) is 3.98. The van der Waals surface area contributed by atoms with Crippen LogP contribution in [0.2, 0.25) is 0 Å². The maximum Gasteiger partial charge on any atom is 0.220 e. The molecule has 1 aliphatic rings. The minimum atomic E-state index is 0.229. The summed E-state index contributed by atoms with van der Waals surface area (Å²) in [5.41, 5.74) is 5.50. The van der Waals surface area contributed by atoms with E-state index >= 15 is 0 Å². The Kier molecular flexibility index (Phi) is 6.56. The summed E-state index contributed by atoms with van der Waals surface area (Å²) >= 11 is 0. The summed E-state index contributed by atoms with van der Waals surface area (Å²) in [6, 6.07) is 0.418. The number of hydrogen-bond donors (Lipinski definition) is 2. The molecule has 3 heteroatoms. The Labute approximate surface area is 106 Å². The fourth-order valence-electron chi connectivity index (χ4n) is 2.62. The summed E-state index contributed by atoms with van der Waals surface area (Å²) in [6.07, 6.45) is 7.64. The molecule has 0 radical (unpaired) electrons. The molecule has 17 heavy (non-hydrogen) atoms. The van der Waals surface area contributed by atoms with Crippen molar-refractivity contribution in [2.75, 3.05) is 6.54 Å². The first kappa shape index (κ1) is 14.5. The van der Waals surface area contributed by atoms with Crippen molar-refractivity contribution in [1.29, 1.82) is 0 Å². The number of nitrogens with one attached hydrogen (secondary N) is 1. The van der Waals surface area contributed by atoms with Crippen LogP contribution in [0.15, 0.2) is 0 Å². The van der Waals surface area contributed by atoms with Crippen LogP contribution in [0.1, 0.15) is 58.8 Å². The second kappa shape index (κ2) is 7.70. The van der Waals surface area contributed by atoms with E-state index in [9.17, 15) is 4.79 Å².